The van der Waals surface area contributed by atoms with Crippen molar-refractivity contribution in [3.63, 3.8) is 0 Å². The smallest absolute Gasteiger partial charge is 0.338 e. The molecule has 7 heteroatoms. The molecule has 3 rings (SSSR count). The zero-order chi connectivity index (χ0) is 16.2. The number of benzene rings is 1. The Hall–Kier alpha value is -3.09. The van der Waals surface area contributed by atoms with Crippen molar-refractivity contribution in [2.24, 2.45) is 0 Å². The van der Waals surface area contributed by atoms with Crippen LogP contribution in [0.2, 0.25) is 0 Å². The fourth-order valence-corrected chi connectivity index (χ4v) is 2.05. The second-order valence-electron chi connectivity index (χ2n) is 4.95. The molecule has 0 unspecified atom stereocenters. The van der Waals surface area contributed by atoms with E-state index in [1.54, 1.807) is 19.1 Å². The van der Waals surface area contributed by atoms with Crippen molar-refractivity contribution in [2.75, 3.05) is 18.5 Å². The lowest BCUT2D eigenvalue weighted by atomic mass is 10.1. The van der Waals surface area contributed by atoms with E-state index in [1.807, 2.05) is 24.3 Å². The molecule has 1 aliphatic rings. The Labute approximate surface area is 131 Å². The summed E-state index contributed by atoms with van der Waals surface area (Å²) in [6, 6.07) is 8.92. The largest absolute Gasteiger partial charge is 0.488 e. The lowest BCUT2D eigenvalue weighted by Crippen LogP contribution is -2.23. The third-order valence-corrected chi connectivity index (χ3v) is 3.12. The fraction of sp³-hybridized carbons (Fsp3) is 0.188. The summed E-state index contributed by atoms with van der Waals surface area (Å²) in [5.74, 6) is -0.184. The number of ether oxygens (including phenoxy) is 2. The summed E-state index contributed by atoms with van der Waals surface area (Å²) in [4.78, 5) is 23.7. The Morgan fingerprint density at radius 3 is 2.96 bits per heavy atom. The molecule has 7 nitrogen and oxygen atoms in total. The van der Waals surface area contributed by atoms with E-state index in [1.165, 1.54) is 0 Å². The van der Waals surface area contributed by atoms with Crippen molar-refractivity contribution in [1.82, 2.24) is 5.16 Å². The molecule has 1 aromatic carbocycles. The van der Waals surface area contributed by atoms with Crippen LogP contribution < -0.4 is 10.1 Å². The van der Waals surface area contributed by atoms with E-state index in [2.05, 4.69) is 10.5 Å². The second kappa shape index (κ2) is 6.35. The minimum Gasteiger partial charge on any atom is -0.488 e. The maximum absolute atomic E-state index is 12.0. The van der Waals surface area contributed by atoms with Gasteiger partial charge in [0.15, 0.2) is 6.61 Å². The van der Waals surface area contributed by atoms with Crippen LogP contribution in [0.3, 0.4) is 0 Å². The van der Waals surface area contributed by atoms with Gasteiger partial charge in [-0.25, -0.2) is 4.79 Å². The summed E-state index contributed by atoms with van der Waals surface area (Å²) in [5, 5.41) is 6.08. The predicted octanol–water partition coefficient (Wildman–Crippen LogP) is 1.94. The number of carbonyl (C=O) groups is 2. The highest BCUT2D eigenvalue weighted by atomic mass is 16.5. The Bertz CT molecular complexity index is 778. The minimum atomic E-state index is -0.594. The van der Waals surface area contributed by atoms with E-state index < -0.39 is 18.5 Å². The maximum atomic E-state index is 12.0. The summed E-state index contributed by atoms with van der Waals surface area (Å²) in [5.41, 5.74) is 1.79. The van der Waals surface area contributed by atoms with Crippen molar-refractivity contribution in [3.05, 3.63) is 47.2 Å². The molecule has 1 aromatic heterocycles. The molecule has 1 aliphatic heterocycles. The lowest BCUT2D eigenvalue weighted by Gasteiger charge is -2.16. The molecule has 0 aliphatic carbocycles. The number of carbonyl (C=O) groups excluding carboxylic acids is 2. The quantitative estimate of drug-likeness (QED) is 0.867. The summed E-state index contributed by atoms with van der Waals surface area (Å²) in [7, 11) is 0. The summed E-state index contributed by atoms with van der Waals surface area (Å²) in [6.07, 6.45) is 1.69. The van der Waals surface area contributed by atoms with Gasteiger partial charge < -0.3 is 14.0 Å². The molecule has 0 atom stereocenters. The number of nitrogens with one attached hydrogen (secondary N) is 1. The first-order valence-electron chi connectivity index (χ1n) is 6.94. The van der Waals surface area contributed by atoms with Crippen molar-refractivity contribution in [2.45, 2.75) is 6.92 Å². The maximum Gasteiger partial charge on any atom is 0.338 e. The number of aromatic nitrogens is 1. The highest BCUT2D eigenvalue weighted by Crippen LogP contribution is 2.26. The van der Waals surface area contributed by atoms with E-state index in [4.69, 9.17) is 14.0 Å². The number of para-hydroxylation sites is 1. The van der Waals surface area contributed by atoms with Gasteiger partial charge >= 0.3 is 5.97 Å². The monoisotopic (exact) mass is 314 g/mol. The van der Waals surface area contributed by atoms with Crippen LogP contribution in [0, 0.1) is 6.92 Å². The molecule has 1 N–H and O–H groups in total. The van der Waals surface area contributed by atoms with E-state index >= 15 is 0 Å². The van der Waals surface area contributed by atoms with E-state index in [-0.39, 0.29) is 12.5 Å². The molecule has 0 saturated heterocycles. The van der Waals surface area contributed by atoms with E-state index in [0.717, 1.165) is 5.56 Å². The summed E-state index contributed by atoms with van der Waals surface area (Å²) < 4.78 is 15.3. The molecule has 23 heavy (non-hydrogen) atoms. The zero-order valence-corrected chi connectivity index (χ0v) is 12.4. The van der Waals surface area contributed by atoms with Crippen LogP contribution in [0.15, 0.2) is 40.4 Å². The van der Waals surface area contributed by atoms with Crippen molar-refractivity contribution in [3.8, 4) is 5.75 Å². The van der Waals surface area contributed by atoms with Crippen molar-refractivity contribution in [1.29, 1.82) is 0 Å². The Morgan fingerprint density at radius 2 is 2.17 bits per heavy atom. The fourth-order valence-electron chi connectivity index (χ4n) is 2.05. The Balaban J connectivity index is 1.56. The standard InChI is InChI=1S/C16H14N2O5/c1-10-6-15(23-18-10)17-14(19)9-22-16(20)12-7-11-4-2-3-5-13(11)21-8-12/h2-7H,8-9H2,1H3,(H,17,19). The minimum absolute atomic E-state index is 0.110. The van der Waals surface area contributed by atoms with Gasteiger partial charge in [0.1, 0.15) is 12.4 Å². The number of amides is 1. The van der Waals surface area contributed by atoms with Crippen LogP contribution in [0.1, 0.15) is 11.3 Å². The number of nitrogens with zero attached hydrogens (tertiary/aromatic N) is 1. The van der Waals surface area contributed by atoms with Crippen molar-refractivity contribution >= 4 is 23.8 Å². The number of aryl methyl sites for hydroxylation is 1. The van der Waals surface area contributed by atoms with Crippen LogP contribution in [0.5, 0.6) is 5.75 Å². The first kappa shape index (κ1) is 14.8. The Kier molecular flexibility index (Phi) is 4.09. The summed E-state index contributed by atoms with van der Waals surface area (Å²) in [6.45, 7) is 1.42. The first-order valence-corrected chi connectivity index (χ1v) is 6.94. The molecule has 2 aromatic rings. The number of hydrogen-bond donors (Lipinski definition) is 1. The SMILES string of the molecule is Cc1cc(NC(=O)COC(=O)C2=Cc3ccccc3OC2)on1. The Morgan fingerprint density at radius 1 is 1.35 bits per heavy atom. The molecule has 2 heterocycles. The third kappa shape index (κ3) is 3.57. The lowest BCUT2D eigenvalue weighted by molar-refractivity contribution is -0.143. The average Bonchev–Trinajstić information content (AvgIpc) is 2.97. The van der Waals surface area contributed by atoms with Gasteiger partial charge in [-0.3, -0.25) is 10.1 Å². The van der Waals surface area contributed by atoms with Crippen LogP contribution >= 0.6 is 0 Å². The number of esters is 1. The van der Waals surface area contributed by atoms with Crippen molar-refractivity contribution < 1.29 is 23.6 Å². The molecule has 0 spiro atoms. The van der Waals surface area contributed by atoms with Crippen LogP contribution in [-0.2, 0) is 14.3 Å². The van der Waals surface area contributed by atoms with Gasteiger partial charge in [0.05, 0.1) is 11.3 Å². The van der Waals surface area contributed by atoms with E-state index in [9.17, 15) is 9.59 Å². The molecule has 118 valence electrons. The average molecular weight is 314 g/mol. The first-order chi connectivity index (χ1) is 11.1. The number of anilines is 1. The normalized spacial score (nSPS) is 12.7. The van der Waals surface area contributed by atoms with Gasteiger partial charge in [-0.05, 0) is 19.1 Å². The number of rotatable bonds is 4. The molecule has 1 amide bonds. The molecule has 0 bridgehead atoms. The molecule has 0 fully saturated rings. The number of fused-ring (bicyclic) bond motifs is 1. The second-order valence-corrected chi connectivity index (χ2v) is 4.95. The van der Waals surface area contributed by atoms with E-state index in [0.29, 0.717) is 17.0 Å². The summed E-state index contributed by atoms with van der Waals surface area (Å²) >= 11 is 0. The van der Waals surface area contributed by atoms with Crippen LogP contribution in [0.4, 0.5) is 5.88 Å². The highest BCUT2D eigenvalue weighted by molar-refractivity contribution is 5.97. The molecule has 0 radical (unpaired) electrons. The third-order valence-electron chi connectivity index (χ3n) is 3.12. The van der Waals surface area contributed by atoms with Gasteiger partial charge in [0, 0.05) is 11.6 Å². The van der Waals surface area contributed by atoms with Gasteiger partial charge in [-0.1, -0.05) is 23.4 Å². The van der Waals surface area contributed by atoms with Gasteiger partial charge in [-0.15, -0.1) is 0 Å². The molecular formula is C16H14N2O5. The highest BCUT2D eigenvalue weighted by Gasteiger charge is 2.19. The zero-order valence-electron chi connectivity index (χ0n) is 12.4. The molecular weight excluding hydrogens is 300 g/mol. The number of hydrogen-bond acceptors (Lipinski definition) is 6. The van der Waals surface area contributed by atoms with Gasteiger partial charge in [0.25, 0.3) is 5.91 Å². The topological polar surface area (TPSA) is 90.7 Å². The van der Waals surface area contributed by atoms with Gasteiger partial charge in [0.2, 0.25) is 5.88 Å². The molecule has 0 saturated carbocycles. The predicted molar refractivity (Wildman–Crippen MR) is 80.7 cm³/mol. The van der Waals surface area contributed by atoms with Gasteiger partial charge in [-0.2, -0.15) is 0 Å². The van der Waals surface area contributed by atoms with Crippen LogP contribution in [-0.4, -0.2) is 30.2 Å². The van der Waals surface area contributed by atoms with Crippen LogP contribution in [0.25, 0.3) is 6.08 Å².